The Hall–Kier alpha value is -0.813. The first-order chi connectivity index (χ1) is 6.93. The molecule has 2 aromatic rings. The Bertz CT molecular complexity index is 397. The first-order valence-corrected chi connectivity index (χ1v) is 5.38. The number of anilines is 2. The molecule has 15 heavy (non-hydrogen) atoms. The van der Waals surface area contributed by atoms with Crippen LogP contribution in [0.4, 0.5) is 11.4 Å². The van der Waals surface area contributed by atoms with Crippen molar-refractivity contribution in [2.24, 2.45) is 0 Å². The molecule has 1 radical (unpaired) electrons. The molecule has 3 rings (SSSR count). The zero-order valence-corrected chi connectivity index (χ0v) is 9.34. The average molecular weight is 206 g/mol. The first kappa shape index (κ1) is 10.7. The van der Waals surface area contributed by atoms with E-state index in [1.165, 1.54) is 21.2 Å². The minimum atomic E-state index is 0. The molecule has 69 valence electrons. The van der Waals surface area contributed by atoms with E-state index in [0.717, 1.165) is 0 Å². The smallest absolute Gasteiger partial charge is 0.0526 e. The van der Waals surface area contributed by atoms with Gasteiger partial charge in [0.05, 0.1) is 11.4 Å². The third kappa shape index (κ3) is 1.94. The molecule has 0 atom stereocenters. The van der Waals surface area contributed by atoms with Gasteiger partial charge in [0, 0.05) is 28.7 Å². The van der Waals surface area contributed by atoms with Crippen molar-refractivity contribution in [2.75, 3.05) is 5.32 Å². The van der Waals surface area contributed by atoms with Crippen LogP contribution in [-0.2, 0) is 0 Å². The van der Waals surface area contributed by atoms with Crippen LogP contribution in [0.5, 0.6) is 0 Å². The molecule has 1 aliphatic heterocycles. The molecule has 0 bridgehead atoms. The summed E-state index contributed by atoms with van der Waals surface area (Å²) in [5, 5.41) is 3.42. The van der Waals surface area contributed by atoms with Crippen LogP contribution in [0.15, 0.2) is 58.3 Å². The summed E-state index contributed by atoms with van der Waals surface area (Å²) in [6.07, 6.45) is 0. The molecular formula is C12H9LiNS. The molecule has 0 spiro atoms. The van der Waals surface area contributed by atoms with E-state index in [9.17, 15) is 0 Å². The molecule has 0 aliphatic carbocycles. The topological polar surface area (TPSA) is 12.0 Å². The van der Waals surface area contributed by atoms with Gasteiger partial charge >= 0.3 is 0 Å². The van der Waals surface area contributed by atoms with E-state index in [1.807, 2.05) is 11.8 Å². The maximum Gasteiger partial charge on any atom is 0.0526 e. The third-order valence-electron chi connectivity index (χ3n) is 2.26. The number of hydrogen-bond acceptors (Lipinski definition) is 2. The largest absolute Gasteiger partial charge is 0.354 e. The van der Waals surface area contributed by atoms with Gasteiger partial charge < -0.3 is 5.32 Å². The van der Waals surface area contributed by atoms with Crippen molar-refractivity contribution in [3.63, 3.8) is 0 Å². The van der Waals surface area contributed by atoms with Gasteiger partial charge in [0.1, 0.15) is 0 Å². The second-order valence-corrected chi connectivity index (χ2v) is 4.30. The molecule has 1 heterocycles. The van der Waals surface area contributed by atoms with Gasteiger partial charge in [-0.1, -0.05) is 36.0 Å². The first-order valence-electron chi connectivity index (χ1n) is 4.56. The van der Waals surface area contributed by atoms with E-state index in [-0.39, 0.29) is 18.9 Å². The summed E-state index contributed by atoms with van der Waals surface area (Å²) in [6, 6.07) is 16.8. The van der Waals surface area contributed by atoms with Gasteiger partial charge in [-0.05, 0) is 24.3 Å². The van der Waals surface area contributed by atoms with Crippen molar-refractivity contribution in [1.82, 2.24) is 0 Å². The number of fused-ring (bicyclic) bond motifs is 2. The van der Waals surface area contributed by atoms with E-state index >= 15 is 0 Å². The van der Waals surface area contributed by atoms with E-state index in [2.05, 4.69) is 53.8 Å². The quantitative estimate of drug-likeness (QED) is 0.565. The SMILES string of the molecule is [Li].c1ccc2c(c1)Nc1ccccc1S2. The monoisotopic (exact) mass is 206 g/mol. The van der Waals surface area contributed by atoms with E-state index in [1.54, 1.807) is 0 Å². The van der Waals surface area contributed by atoms with Crippen LogP contribution < -0.4 is 5.32 Å². The van der Waals surface area contributed by atoms with Gasteiger partial charge in [0.15, 0.2) is 0 Å². The minimum absolute atomic E-state index is 0. The van der Waals surface area contributed by atoms with Gasteiger partial charge in [-0.3, -0.25) is 0 Å². The van der Waals surface area contributed by atoms with Crippen molar-refractivity contribution < 1.29 is 0 Å². The fourth-order valence-electron chi connectivity index (χ4n) is 1.58. The van der Waals surface area contributed by atoms with Crippen LogP contribution in [0.2, 0.25) is 0 Å². The van der Waals surface area contributed by atoms with Crippen molar-refractivity contribution >= 4 is 42.0 Å². The minimum Gasteiger partial charge on any atom is -0.354 e. The molecule has 0 saturated carbocycles. The summed E-state index contributed by atoms with van der Waals surface area (Å²) in [7, 11) is 0. The van der Waals surface area contributed by atoms with E-state index in [4.69, 9.17) is 0 Å². The summed E-state index contributed by atoms with van der Waals surface area (Å²) in [5.74, 6) is 0. The van der Waals surface area contributed by atoms with Crippen molar-refractivity contribution in [1.29, 1.82) is 0 Å². The van der Waals surface area contributed by atoms with Gasteiger partial charge in [-0.2, -0.15) is 0 Å². The van der Waals surface area contributed by atoms with E-state index < -0.39 is 0 Å². The number of nitrogens with one attached hydrogen (secondary N) is 1. The second kappa shape index (κ2) is 4.36. The Labute approximate surface area is 105 Å². The molecule has 1 nitrogen and oxygen atoms in total. The molecule has 2 aromatic carbocycles. The van der Waals surface area contributed by atoms with Crippen LogP contribution in [0.25, 0.3) is 0 Å². The molecule has 0 fully saturated rings. The summed E-state index contributed by atoms with van der Waals surface area (Å²) in [4.78, 5) is 2.59. The number of rotatable bonds is 0. The van der Waals surface area contributed by atoms with Crippen LogP contribution in [-0.4, -0.2) is 18.9 Å². The van der Waals surface area contributed by atoms with Crippen LogP contribution in [0, 0.1) is 0 Å². The number of hydrogen-bond donors (Lipinski definition) is 1. The Balaban J connectivity index is 0.000000853. The van der Waals surface area contributed by atoms with Crippen molar-refractivity contribution in [2.45, 2.75) is 9.79 Å². The Morgan fingerprint density at radius 1 is 0.733 bits per heavy atom. The van der Waals surface area contributed by atoms with Crippen molar-refractivity contribution in [3.05, 3.63) is 48.5 Å². The van der Waals surface area contributed by atoms with Gasteiger partial charge in [0.2, 0.25) is 0 Å². The maximum atomic E-state index is 3.42. The molecular weight excluding hydrogens is 197 g/mol. The summed E-state index contributed by atoms with van der Waals surface area (Å²) in [6.45, 7) is 0. The average Bonchev–Trinajstić information content (AvgIpc) is 2.26. The number of benzene rings is 2. The van der Waals surface area contributed by atoms with E-state index in [0.29, 0.717) is 0 Å². The van der Waals surface area contributed by atoms with Crippen molar-refractivity contribution in [3.8, 4) is 0 Å². The Kier molecular flexibility index (Phi) is 3.11. The standard InChI is InChI=1S/C12H9NS.Li/c1-3-7-11-9(5-1)13-10-6-2-4-8-12(10)14-11;/h1-8,13H;. The Morgan fingerprint density at radius 3 is 1.73 bits per heavy atom. The zero-order chi connectivity index (χ0) is 9.38. The molecule has 0 unspecified atom stereocenters. The molecule has 0 aromatic heterocycles. The molecule has 1 N–H and O–H groups in total. The molecule has 1 aliphatic rings. The Morgan fingerprint density at radius 2 is 1.20 bits per heavy atom. The van der Waals surface area contributed by atoms with Gasteiger partial charge in [0.25, 0.3) is 0 Å². The summed E-state index contributed by atoms with van der Waals surface area (Å²) in [5.41, 5.74) is 2.41. The second-order valence-electron chi connectivity index (χ2n) is 3.22. The fraction of sp³-hybridized carbons (Fsp3) is 0. The fourth-order valence-corrected chi connectivity index (χ4v) is 2.57. The van der Waals surface area contributed by atoms with Crippen LogP contribution in [0.1, 0.15) is 0 Å². The predicted molar refractivity (Wildman–Crippen MR) is 66.0 cm³/mol. The molecule has 0 amide bonds. The number of para-hydroxylation sites is 2. The molecule has 0 saturated heterocycles. The zero-order valence-electron chi connectivity index (χ0n) is 8.53. The van der Waals surface area contributed by atoms with Gasteiger partial charge in [-0.25, -0.2) is 0 Å². The molecule has 3 heteroatoms. The predicted octanol–water partition coefficient (Wildman–Crippen LogP) is 3.51. The van der Waals surface area contributed by atoms with Crippen LogP contribution in [0.3, 0.4) is 0 Å². The summed E-state index contributed by atoms with van der Waals surface area (Å²) < 4.78 is 0. The third-order valence-corrected chi connectivity index (χ3v) is 3.42. The normalized spacial score (nSPS) is 11.7. The van der Waals surface area contributed by atoms with Gasteiger partial charge in [-0.15, -0.1) is 0 Å². The van der Waals surface area contributed by atoms with Crippen LogP contribution >= 0.6 is 11.8 Å². The maximum absolute atomic E-state index is 3.42. The summed E-state index contributed by atoms with van der Waals surface area (Å²) >= 11 is 1.82.